The summed E-state index contributed by atoms with van der Waals surface area (Å²) in [7, 11) is 0. The van der Waals surface area contributed by atoms with Gasteiger partial charge in [0, 0.05) is 10.6 Å². The number of nitrogens with one attached hydrogen (secondary N) is 1. The Labute approximate surface area is 235 Å². The van der Waals surface area contributed by atoms with Crippen LogP contribution in [0.2, 0.25) is 5.02 Å². The molecule has 0 spiro atoms. The fraction of sp³-hybridized carbons (Fsp3) is 0.348. The molecule has 40 heavy (non-hydrogen) atoms. The molecule has 3 aromatic rings. The highest BCUT2D eigenvalue weighted by Crippen LogP contribution is 2.40. The van der Waals surface area contributed by atoms with Crippen LogP contribution >= 0.6 is 27.5 Å². The minimum Gasteiger partial charge on any atom is -0.394 e. The molecule has 5 atom stereocenters. The second-order valence-corrected chi connectivity index (χ2v) is 10.2. The van der Waals surface area contributed by atoms with Gasteiger partial charge < -0.3 is 25.0 Å². The predicted octanol–water partition coefficient (Wildman–Crippen LogP) is 3.06. The van der Waals surface area contributed by atoms with Gasteiger partial charge in [-0.25, -0.2) is 13.5 Å². The molecule has 0 aliphatic carbocycles. The van der Waals surface area contributed by atoms with Gasteiger partial charge in [-0.1, -0.05) is 16.8 Å². The zero-order valence-corrected chi connectivity index (χ0v) is 22.2. The van der Waals surface area contributed by atoms with Gasteiger partial charge in [0.25, 0.3) is 0 Å². The van der Waals surface area contributed by atoms with E-state index in [1.54, 1.807) is 0 Å². The summed E-state index contributed by atoms with van der Waals surface area (Å²) in [4.78, 5) is 1.10. The van der Waals surface area contributed by atoms with E-state index in [1.807, 2.05) is 0 Å². The molecule has 214 valence electrons. The van der Waals surface area contributed by atoms with Crippen molar-refractivity contribution in [2.45, 2.75) is 36.6 Å². The van der Waals surface area contributed by atoms with Crippen LogP contribution in [-0.4, -0.2) is 73.8 Å². The average Bonchev–Trinajstić information content (AvgIpc) is 3.57. The summed E-state index contributed by atoms with van der Waals surface area (Å²) in [5, 5.41) is 43.8. The Balaban J connectivity index is 1.51. The molecule has 2 aliphatic rings. The first kappa shape index (κ1) is 28.6. The van der Waals surface area contributed by atoms with Crippen molar-refractivity contribution in [3.05, 3.63) is 63.2 Å². The fourth-order valence-corrected chi connectivity index (χ4v) is 5.09. The number of aliphatic hydroxyl groups excluding tert-OH is 3. The Morgan fingerprint density at radius 1 is 1.12 bits per heavy atom. The van der Waals surface area contributed by atoms with Crippen LogP contribution < -0.4 is 10.3 Å². The minimum absolute atomic E-state index is 0.00708. The van der Waals surface area contributed by atoms with E-state index in [4.69, 9.17) is 16.3 Å². The van der Waals surface area contributed by atoms with Gasteiger partial charge in [-0.05, 0) is 46.3 Å². The Kier molecular flexibility index (Phi) is 7.75. The van der Waals surface area contributed by atoms with Crippen molar-refractivity contribution < 1.29 is 42.0 Å². The van der Waals surface area contributed by atoms with Gasteiger partial charge in [-0.2, -0.15) is 18.3 Å². The Hall–Kier alpha value is -2.89. The summed E-state index contributed by atoms with van der Waals surface area (Å²) in [6.45, 7) is -0.995. The Morgan fingerprint density at radius 3 is 2.58 bits per heavy atom. The second kappa shape index (κ2) is 10.8. The maximum Gasteiger partial charge on any atom is 0.418 e. The highest BCUT2D eigenvalue weighted by molar-refractivity contribution is 9.10. The molecule has 0 unspecified atom stereocenters. The normalized spacial score (nSPS) is 25.2. The standard InChI is InChI=1S/C23H19BrClF5N6O4/c24-12-4-2-10(16(26)17(12)27)13-6-36(34-32-13)18-19(38)15(7-37)40-21(20(18)39)22-33-31-8-35(22)14-5-9(25)1-3-11(14)23(28,29)30/h1-6,15,18-21,31,37-39H,7-8H2/t15-,18+,19+,20-,21-/m1/s1. The molecule has 2 aliphatic heterocycles. The van der Waals surface area contributed by atoms with Gasteiger partial charge in [0.05, 0.1) is 28.5 Å². The third kappa shape index (κ3) is 5.03. The van der Waals surface area contributed by atoms with E-state index < -0.39 is 60.4 Å². The quantitative estimate of drug-likeness (QED) is 0.245. The SMILES string of the molecule is OC[C@H]1O[C@@H](C2=NNCN2c2cc(Cl)ccc2C(F)(F)F)[C@H](O)[C@@H](n2cc(-c3ccc(Br)c(F)c3F)nn2)[C@H]1O. The zero-order valence-electron chi connectivity index (χ0n) is 19.9. The number of nitrogens with zero attached hydrogens (tertiary/aromatic N) is 5. The average molecular weight is 654 g/mol. The molecule has 3 heterocycles. The highest BCUT2D eigenvalue weighted by atomic mass is 79.9. The maximum absolute atomic E-state index is 14.5. The number of aliphatic hydroxyl groups is 3. The predicted molar refractivity (Wildman–Crippen MR) is 134 cm³/mol. The first-order chi connectivity index (χ1) is 18.9. The van der Waals surface area contributed by atoms with E-state index in [1.165, 1.54) is 12.1 Å². The van der Waals surface area contributed by atoms with Crippen molar-refractivity contribution in [2.24, 2.45) is 5.10 Å². The largest absolute Gasteiger partial charge is 0.418 e. The molecule has 0 amide bonds. The molecule has 4 N–H and O–H groups in total. The molecule has 2 aromatic carbocycles. The van der Waals surface area contributed by atoms with Crippen LogP contribution in [0.4, 0.5) is 27.6 Å². The maximum atomic E-state index is 14.5. The van der Waals surface area contributed by atoms with Crippen LogP contribution in [0, 0.1) is 11.6 Å². The molecule has 5 rings (SSSR count). The van der Waals surface area contributed by atoms with Crippen LogP contribution in [0.15, 0.2) is 46.1 Å². The lowest BCUT2D eigenvalue weighted by Gasteiger charge is -2.43. The van der Waals surface area contributed by atoms with E-state index >= 15 is 0 Å². The fourth-order valence-electron chi connectivity index (χ4n) is 4.62. The molecular formula is C23H19BrClF5N6O4. The highest BCUT2D eigenvalue weighted by Gasteiger charge is 2.50. The number of benzene rings is 2. The lowest BCUT2D eigenvalue weighted by Crippen LogP contribution is -2.60. The van der Waals surface area contributed by atoms with Crippen molar-refractivity contribution in [3.8, 4) is 11.3 Å². The van der Waals surface area contributed by atoms with Gasteiger partial charge >= 0.3 is 6.18 Å². The molecule has 1 fully saturated rings. The molecule has 1 aromatic heterocycles. The Morgan fingerprint density at radius 2 is 1.88 bits per heavy atom. The lowest BCUT2D eigenvalue weighted by molar-refractivity contribution is -0.185. The minimum atomic E-state index is -4.76. The number of hydrogen-bond donors (Lipinski definition) is 4. The summed E-state index contributed by atoms with van der Waals surface area (Å²) in [5.41, 5.74) is 0.751. The van der Waals surface area contributed by atoms with Gasteiger partial charge in [0.1, 0.15) is 42.8 Å². The summed E-state index contributed by atoms with van der Waals surface area (Å²) in [6, 6.07) is 4.06. The number of hydrogen-bond acceptors (Lipinski definition) is 9. The van der Waals surface area contributed by atoms with Gasteiger partial charge in [0.15, 0.2) is 17.5 Å². The number of ether oxygens (including phenoxy) is 1. The lowest BCUT2D eigenvalue weighted by atomic mass is 9.91. The third-order valence-corrected chi connectivity index (χ3v) is 7.38. The molecule has 10 nitrogen and oxygen atoms in total. The van der Waals surface area contributed by atoms with E-state index in [0.29, 0.717) is 0 Å². The topological polar surface area (TPSA) is 128 Å². The van der Waals surface area contributed by atoms with E-state index in [-0.39, 0.29) is 38.9 Å². The smallest absolute Gasteiger partial charge is 0.394 e. The van der Waals surface area contributed by atoms with Gasteiger partial charge in [0.2, 0.25) is 0 Å². The van der Waals surface area contributed by atoms with Crippen LogP contribution in [0.1, 0.15) is 11.6 Å². The van der Waals surface area contributed by atoms with Crippen molar-refractivity contribution in [2.75, 3.05) is 18.2 Å². The zero-order chi connectivity index (χ0) is 28.9. The van der Waals surface area contributed by atoms with E-state index in [0.717, 1.165) is 34.0 Å². The second-order valence-electron chi connectivity index (χ2n) is 8.93. The number of hydrazone groups is 1. The summed E-state index contributed by atoms with van der Waals surface area (Å²) < 4.78 is 76.6. The summed E-state index contributed by atoms with van der Waals surface area (Å²) in [5.74, 6) is -2.58. The first-order valence-corrected chi connectivity index (χ1v) is 12.7. The summed E-state index contributed by atoms with van der Waals surface area (Å²) in [6.07, 6.45) is -9.77. The van der Waals surface area contributed by atoms with Crippen LogP contribution in [-0.2, 0) is 10.9 Å². The number of anilines is 1. The molecule has 0 bridgehead atoms. The van der Waals surface area contributed by atoms with Crippen molar-refractivity contribution in [3.63, 3.8) is 0 Å². The molecule has 0 radical (unpaired) electrons. The van der Waals surface area contributed by atoms with Gasteiger partial charge in [-0.3, -0.25) is 5.43 Å². The monoisotopic (exact) mass is 652 g/mol. The molecule has 0 saturated carbocycles. The van der Waals surface area contributed by atoms with Crippen LogP contribution in [0.3, 0.4) is 0 Å². The van der Waals surface area contributed by atoms with E-state index in [2.05, 4.69) is 36.8 Å². The first-order valence-electron chi connectivity index (χ1n) is 11.5. The molecule has 1 saturated heterocycles. The number of amidine groups is 1. The van der Waals surface area contributed by atoms with Crippen molar-refractivity contribution in [1.82, 2.24) is 20.4 Å². The van der Waals surface area contributed by atoms with Crippen molar-refractivity contribution in [1.29, 1.82) is 0 Å². The number of aromatic nitrogens is 3. The van der Waals surface area contributed by atoms with Crippen LogP contribution in [0.5, 0.6) is 0 Å². The third-order valence-electron chi connectivity index (χ3n) is 6.53. The van der Waals surface area contributed by atoms with Crippen molar-refractivity contribution >= 4 is 39.1 Å². The number of rotatable bonds is 5. The molecule has 17 heteroatoms. The summed E-state index contributed by atoms with van der Waals surface area (Å²) >= 11 is 8.87. The Bertz CT molecular complexity index is 1460. The van der Waals surface area contributed by atoms with E-state index in [9.17, 15) is 37.3 Å². The van der Waals surface area contributed by atoms with Crippen LogP contribution in [0.25, 0.3) is 11.3 Å². The number of alkyl halides is 3. The molecular weight excluding hydrogens is 635 g/mol. The number of halogens is 7. The van der Waals surface area contributed by atoms with Gasteiger partial charge in [-0.15, -0.1) is 5.10 Å².